The SMILES string of the molecule is CCNCc1ccc(Cl)cc1-c1ccc(C(C)(C)C)cc1. The van der Waals surface area contributed by atoms with E-state index in [1.165, 1.54) is 22.3 Å². The second-order valence-electron chi connectivity index (χ2n) is 6.41. The van der Waals surface area contributed by atoms with Crippen molar-refractivity contribution in [3.63, 3.8) is 0 Å². The van der Waals surface area contributed by atoms with Gasteiger partial charge in [-0.15, -0.1) is 0 Å². The van der Waals surface area contributed by atoms with Crippen molar-refractivity contribution in [3.05, 3.63) is 58.6 Å². The summed E-state index contributed by atoms with van der Waals surface area (Å²) >= 11 is 6.18. The van der Waals surface area contributed by atoms with Gasteiger partial charge < -0.3 is 5.32 Å². The third kappa shape index (κ3) is 4.09. The number of rotatable bonds is 4. The van der Waals surface area contributed by atoms with Crippen LogP contribution in [0.5, 0.6) is 0 Å². The number of halogens is 1. The summed E-state index contributed by atoms with van der Waals surface area (Å²) in [6, 6.07) is 14.9. The summed E-state index contributed by atoms with van der Waals surface area (Å²) < 4.78 is 0. The van der Waals surface area contributed by atoms with Crippen LogP contribution in [0.4, 0.5) is 0 Å². The van der Waals surface area contributed by atoms with Crippen LogP contribution in [0, 0.1) is 0 Å². The topological polar surface area (TPSA) is 12.0 Å². The smallest absolute Gasteiger partial charge is 0.0412 e. The fourth-order valence-electron chi connectivity index (χ4n) is 2.38. The molecule has 0 spiro atoms. The van der Waals surface area contributed by atoms with Gasteiger partial charge in [0.15, 0.2) is 0 Å². The van der Waals surface area contributed by atoms with Crippen molar-refractivity contribution in [1.29, 1.82) is 0 Å². The number of hydrogen-bond donors (Lipinski definition) is 1. The summed E-state index contributed by atoms with van der Waals surface area (Å²) in [5, 5.41) is 4.17. The molecule has 0 aliphatic carbocycles. The van der Waals surface area contributed by atoms with Gasteiger partial charge in [0, 0.05) is 11.6 Å². The first-order valence-electron chi connectivity index (χ1n) is 7.52. The first kappa shape index (κ1) is 16.1. The van der Waals surface area contributed by atoms with E-state index in [1.54, 1.807) is 0 Å². The molecule has 2 rings (SSSR count). The Morgan fingerprint density at radius 2 is 1.67 bits per heavy atom. The van der Waals surface area contributed by atoms with Crippen LogP contribution in [-0.4, -0.2) is 6.54 Å². The predicted octanol–water partition coefficient (Wildman–Crippen LogP) is 5.41. The van der Waals surface area contributed by atoms with Crippen LogP contribution >= 0.6 is 11.6 Å². The van der Waals surface area contributed by atoms with Gasteiger partial charge in [-0.2, -0.15) is 0 Å². The molecule has 0 saturated carbocycles. The number of benzene rings is 2. The molecule has 0 saturated heterocycles. The fraction of sp³-hybridized carbons (Fsp3) is 0.368. The summed E-state index contributed by atoms with van der Waals surface area (Å²) in [6.45, 7) is 10.6. The molecule has 0 fully saturated rings. The lowest BCUT2D eigenvalue weighted by Crippen LogP contribution is -2.12. The molecule has 0 amide bonds. The summed E-state index contributed by atoms with van der Waals surface area (Å²) in [4.78, 5) is 0. The normalized spacial score (nSPS) is 11.7. The molecular weight excluding hydrogens is 278 g/mol. The molecule has 0 bridgehead atoms. The fourth-order valence-corrected chi connectivity index (χ4v) is 2.55. The highest BCUT2D eigenvalue weighted by molar-refractivity contribution is 6.30. The average molecular weight is 302 g/mol. The third-order valence-electron chi connectivity index (χ3n) is 3.70. The molecule has 0 aliphatic heterocycles. The number of nitrogens with one attached hydrogen (secondary N) is 1. The van der Waals surface area contributed by atoms with Crippen LogP contribution in [0.25, 0.3) is 11.1 Å². The molecule has 2 heteroatoms. The Bertz CT molecular complexity index is 594. The molecule has 0 aromatic heterocycles. The van der Waals surface area contributed by atoms with Crippen LogP contribution in [0.3, 0.4) is 0 Å². The highest BCUT2D eigenvalue weighted by Gasteiger charge is 2.13. The van der Waals surface area contributed by atoms with E-state index in [9.17, 15) is 0 Å². The standard InChI is InChI=1S/C19H24ClN/c1-5-21-13-15-8-11-17(20)12-18(15)14-6-9-16(10-7-14)19(2,3)4/h6-12,21H,5,13H2,1-4H3. The zero-order valence-corrected chi connectivity index (χ0v) is 14.1. The van der Waals surface area contributed by atoms with E-state index in [-0.39, 0.29) is 5.41 Å². The van der Waals surface area contributed by atoms with E-state index in [1.807, 2.05) is 6.07 Å². The Morgan fingerprint density at radius 1 is 1.00 bits per heavy atom. The molecule has 0 atom stereocenters. The van der Waals surface area contributed by atoms with Gasteiger partial charge in [-0.3, -0.25) is 0 Å². The number of hydrogen-bond acceptors (Lipinski definition) is 1. The molecule has 21 heavy (non-hydrogen) atoms. The maximum atomic E-state index is 6.18. The first-order chi connectivity index (χ1) is 9.91. The molecule has 112 valence electrons. The predicted molar refractivity (Wildman–Crippen MR) is 93.0 cm³/mol. The lowest BCUT2D eigenvalue weighted by Gasteiger charge is -2.19. The van der Waals surface area contributed by atoms with Crippen molar-refractivity contribution in [3.8, 4) is 11.1 Å². The van der Waals surface area contributed by atoms with Crippen molar-refractivity contribution in [2.24, 2.45) is 0 Å². The Morgan fingerprint density at radius 3 is 2.24 bits per heavy atom. The minimum absolute atomic E-state index is 0.180. The molecular formula is C19H24ClN. The van der Waals surface area contributed by atoms with Crippen LogP contribution in [0.15, 0.2) is 42.5 Å². The molecule has 2 aromatic carbocycles. The van der Waals surface area contributed by atoms with Crippen molar-refractivity contribution < 1.29 is 0 Å². The minimum Gasteiger partial charge on any atom is -0.313 e. The van der Waals surface area contributed by atoms with Gasteiger partial charge in [0.1, 0.15) is 0 Å². The monoisotopic (exact) mass is 301 g/mol. The Hall–Kier alpha value is -1.31. The lowest BCUT2D eigenvalue weighted by molar-refractivity contribution is 0.590. The molecule has 1 N–H and O–H groups in total. The Labute approximate surface area is 133 Å². The molecule has 0 heterocycles. The Balaban J connectivity index is 2.38. The highest BCUT2D eigenvalue weighted by Crippen LogP contribution is 2.30. The molecule has 0 aliphatic rings. The summed E-state index contributed by atoms with van der Waals surface area (Å²) in [5.74, 6) is 0. The maximum absolute atomic E-state index is 6.18. The largest absolute Gasteiger partial charge is 0.313 e. The van der Waals surface area contributed by atoms with E-state index in [0.717, 1.165) is 18.1 Å². The van der Waals surface area contributed by atoms with Crippen LogP contribution in [0.1, 0.15) is 38.8 Å². The average Bonchev–Trinajstić information content (AvgIpc) is 2.45. The van der Waals surface area contributed by atoms with Crippen LogP contribution < -0.4 is 5.32 Å². The van der Waals surface area contributed by atoms with Gasteiger partial charge in [0.25, 0.3) is 0 Å². The van der Waals surface area contributed by atoms with E-state index in [2.05, 4.69) is 69.4 Å². The highest BCUT2D eigenvalue weighted by atomic mass is 35.5. The van der Waals surface area contributed by atoms with Gasteiger partial charge in [0.2, 0.25) is 0 Å². The second kappa shape index (κ2) is 6.64. The molecule has 2 aromatic rings. The van der Waals surface area contributed by atoms with Crippen LogP contribution in [-0.2, 0) is 12.0 Å². The third-order valence-corrected chi connectivity index (χ3v) is 3.93. The van der Waals surface area contributed by atoms with E-state index in [0.29, 0.717) is 0 Å². The van der Waals surface area contributed by atoms with Gasteiger partial charge in [-0.25, -0.2) is 0 Å². The van der Waals surface area contributed by atoms with Crippen molar-refractivity contribution in [2.75, 3.05) is 6.54 Å². The van der Waals surface area contributed by atoms with E-state index in [4.69, 9.17) is 11.6 Å². The van der Waals surface area contributed by atoms with Gasteiger partial charge >= 0.3 is 0 Å². The second-order valence-corrected chi connectivity index (χ2v) is 6.85. The van der Waals surface area contributed by atoms with Crippen LogP contribution in [0.2, 0.25) is 5.02 Å². The van der Waals surface area contributed by atoms with Gasteiger partial charge in [-0.1, -0.05) is 69.6 Å². The van der Waals surface area contributed by atoms with E-state index >= 15 is 0 Å². The zero-order valence-electron chi connectivity index (χ0n) is 13.3. The van der Waals surface area contributed by atoms with Gasteiger partial charge in [-0.05, 0) is 46.3 Å². The van der Waals surface area contributed by atoms with Crippen molar-refractivity contribution >= 4 is 11.6 Å². The van der Waals surface area contributed by atoms with Crippen molar-refractivity contribution in [1.82, 2.24) is 5.32 Å². The van der Waals surface area contributed by atoms with Gasteiger partial charge in [0.05, 0.1) is 0 Å². The van der Waals surface area contributed by atoms with E-state index < -0.39 is 0 Å². The molecule has 0 radical (unpaired) electrons. The summed E-state index contributed by atoms with van der Waals surface area (Å²) in [5.41, 5.74) is 5.24. The maximum Gasteiger partial charge on any atom is 0.0412 e. The minimum atomic E-state index is 0.180. The Kier molecular flexibility index (Phi) is 5.08. The molecule has 0 unspecified atom stereocenters. The zero-order chi connectivity index (χ0) is 15.5. The lowest BCUT2D eigenvalue weighted by atomic mass is 9.86. The van der Waals surface area contributed by atoms with Crippen molar-refractivity contribution in [2.45, 2.75) is 39.7 Å². The summed E-state index contributed by atoms with van der Waals surface area (Å²) in [7, 11) is 0. The first-order valence-corrected chi connectivity index (χ1v) is 7.89. The quantitative estimate of drug-likeness (QED) is 0.795. The molecule has 1 nitrogen and oxygen atoms in total. The summed E-state index contributed by atoms with van der Waals surface area (Å²) in [6.07, 6.45) is 0.